The lowest BCUT2D eigenvalue weighted by molar-refractivity contribution is 0.0497. The van der Waals surface area contributed by atoms with Crippen molar-refractivity contribution in [2.45, 2.75) is 20.3 Å². The Morgan fingerprint density at radius 2 is 2.13 bits per heavy atom. The minimum atomic E-state index is -0.408. The average molecular weight is 315 g/mol. The second kappa shape index (κ2) is 5.71. The molecule has 0 aliphatic heterocycles. The lowest BCUT2D eigenvalue weighted by atomic mass is 10.2. The van der Waals surface area contributed by atoms with Crippen LogP contribution in [-0.4, -0.2) is 36.7 Å². The zero-order valence-corrected chi connectivity index (χ0v) is 13.2. The van der Waals surface area contributed by atoms with Crippen molar-refractivity contribution in [2.24, 2.45) is 7.05 Å². The minimum Gasteiger partial charge on any atom is -0.461 e. The fraction of sp³-hybridized carbons (Fsp3) is 0.333. The Morgan fingerprint density at radius 1 is 1.35 bits per heavy atom. The SMILES string of the molecule is Cc1nc2nc[nH]n2c(=O)c1CCOC(=O)c1ccc(C)n1C. The van der Waals surface area contributed by atoms with Gasteiger partial charge in [0.05, 0.1) is 12.3 Å². The summed E-state index contributed by atoms with van der Waals surface area (Å²) in [5.41, 5.74) is 2.32. The first-order valence-electron chi connectivity index (χ1n) is 7.20. The second-order valence-corrected chi connectivity index (χ2v) is 5.31. The topological polar surface area (TPSA) is 94.3 Å². The fourth-order valence-electron chi connectivity index (χ4n) is 2.42. The molecular formula is C15H17N5O3. The lowest BCUT2D eigenvalue weighted by Gasteiger charge is -2.08. The highest BCUT2D eigenvalue weighted by Crippen LogP contribution is 2.08. The van der Waals surface area contributed by atoms with Gasteiger partial charge >= 0.3 is 5.97 Å². The number of esters is 1. The van der Waals surface area contributed by atoms with Crippen molar-refractivity contribution in [3.8, 4) is 0 Å². The zero-order chi connectivity index (χ0) is 16.6. The molecule has 0 fully saturated rings. The molecular weight excluding hydrogens is 298 g/mol. The van der Waals surface area contributed by atoms with E-state index in [9.17, 15) is 9.59 Å². The maximum absolute atomic E-state index is 12.3. The number of carbonyl (C=O) groups excluding carboxylic acids is 1. The van der Waals surface area contributed by atoms with Crippen molar-refractivity contribution in [1.82, 2.24) is 24.1 Å². The van der Waals surface area contributed by atoms with Crippen LogP contribution in [0, 0.1) is 13.8 Å². The zero-order valence-electron chi connectivity index (χ0n) is 13.2. The molecule has 0 saturated heterocycles. The van der Waals surface area contributed by atoms with E-state index in [0.29, 0.717) is 29.1 Å². The molecule has 0 aliphatic rings. The molecule has 0 amide bonds. The van der Waals surface area contributed by atoms with Gasteiger partial charge in [-0.15, -0.1) is 0 Å². The number of hydrogen-bond donors (Lipinski definition) is 1. The Morgan fingerprint density at radius 3 is 2.83 bits per heavy atom. The molecule has 8 nitrogen and oxygen atoms in total. The fourth-order valence-corrected chi connectivity index (χ4v) is 2.42. The van der Waals surface area contributed by atoms with Gasteiger partial charge in [-0.25, -0.2) is 14.8 Å². The molecule has 3 heterocycles. The maximum Gasteiger partial charge on any atom is 0.354 e. The molecule has 0 spiro atoms. The van der Waals surface area contributed by atoms with E-state index >= 15 is 0 Å². The van der Waals surface area contributed by atoms with Crippen molar-refractivity contribution in [3.05, 3.63) is 51.5 Å². The molecule has 23 heavy (non-hydrogen) atoms. The van der Waals surface area contributed by atoms with Gasteiger partial charge in [0.25, 0.3) is 11.3 Å². The van der Waals surface area contributed by atoms with Gasteiger partial charge in [-0.1, -0.05) is 0 Å². The van der Waals surface area contributed by atoms with Gasteiger partial charge in [0.1, 0.15) is 12.0 Å². The summed E-state index contributed by atoms with van der Waals surface area (Å²) in [5.74, 6) is -0.0820. The molecule has 8 heteroatoms. The molecule has 1 N–H and O–H groups in total. The smallest absolute Gasteiger partial charge is 0.354 e. The third-order valence-corrected chi connectivity index (χ3v) is 3.90. The van der Waals surface area contributed by atoms with E-state index in [1.807, 2.05) is 13.0 Å². The number of nitrogens with one attached hydrogen (secondary N) is 1. The number of nitrogens with zero attached hydrogens (tertiary/aromatic N) is 4. The Bertz CT molecular complexity index is 934. The molecule has 3 aromatic heterocycles. The van der Waals surface area contributed by atoms with Gasteiger partial charge in [0.2, 0.25) is 0 Å². The predicted molar refractivity (Wildman–Crippen MR) is 82.5 cm³/mol. The Balaban J connectivity index is 1.73. The first kappa shape index (κ1) is 15.0. The first-order chi connectivity index (χ1) is 11.0. The number of ether oxygens (including phenoxy) is 1. The quantitative estimate of drug-likeness (QED) is 0.718. The summed E-state index contributed by atoms with van der Waals surface area (Å²) >= 11 is 0. The van der Waals surface area contributed by atoms with Crippen LogP contribution in [0.4, 0.5) is 0 Å². The Hall–Kier alpha value is -2.90. The van der Waals surface area contributed by atoms with Gasteiger partial charge in [0.15, 0.2) is 0 Å². The van der Waals surface area contributed by atoms with Gasteiger partial charge < -0.3 is 9.30 Å². The average Bonchev–Trinajstić information content (AvgIpc) is 3.10. The highest BCUT2D eigenvalue weighted by Gasteiger charge is 2.15. The molecule has 3 rings (SSSR count). The van der Waals surface area contributed by atoms with Crippen LogP contribution in [0.25, 0.3) is 5.78 Å². The van der Waals surface area contributed by atoms with Crippen LogP contribution in [0.2, 0.25) is 0 Å². The van der Waals surface area contributed by atoms with Crippen molar-refractivity contribution in [1.29, 1.82) is 0 Å². The highest BCUT2D eigenvalue weighted by molar-refractivity contribution is 5.87. The minimum absolute atomic E-state index is 0.112. The van der Waals surface area contributed by atoms with E-state index in [1.54, 1.807) is 24.6 Å². The van der Waals surface area contributed by atoms with Crippen molar-refractivity contribution >= 4 is 11.7 Å². The molecule has 0 radical (unpaired) electrons. The van der Waals surface area contributed by atoms with Crippen LogP contribution in [0.15, 0.2) is 23.3 Å². The number of aryl methyl sites for hydroxylation is 2. The molecule has 0 bridgehead atoms. The van der Waals surface area contributed by atoms with Gasteiger partial charge in [-0.3, -0.25) is 9.89 Å². The maximum atomic E-state index is 12.3. The van der Waals surface area contributed by atoms with E-state index in [1.165, 1.54) is 10.8 Å². The number of aromatic nitrogens is 5. The van der Waals surface area contributed by atoms with Crippen LogP contribution in [0.3, 0.4) is 0 Å². The van der Waals surface area contributed by atoms with Crippen molar-refractivity contribution in [3.63, 3.8) is 0 Å². The molecule has 0 aromatic carbocycles. The van der Waals surface area contributed by atoms with E-state index in [4.69, 9.17) is 4.74 Å². The predicted octanol–water partition coefficient (Wildman–Crippen LogP) is 0.772. The second-order valence-electron chi connectivity index (χ2n) is 5.31. The number of H-pyrrole nitrogens is 1. The largest absolute Gasteiger partial charge is 0.461 e. The van der Waals surface area contributed by atoms with Gasteiger partial charge in [-0.05, 0) is 26.0 Å². The number of hydrogen-bond acceptors (Lipinski definition) is 5. The summed E-state index contributed by atoms with van der Waals surface area (Å²) in [6.07, 6.45) is 1.71. The molecule has 0 atom stereocenters. The monoisotopic (exact) mass is 315 g/mol. The number of carbonyl (C=O) groups is 1. The van der Waals surface area contributed by atoms with Crippen LogP contribution >= 0.6 is 0 Å². The first-order valence-corrected chi connectivity index (χ1v) is 7.20. The summed E-state index contributed by atoms with van der Waals surface area (Å²) < 4.78 is 8.30. The van der Waals surface area contributed by atoms with E-state index < -0.39 is 5.97 Å². The Labute approximate surface area is 131 Å². The highest BCUT2D eigenvalue weighted by atomic mass is 16.5. The summed E-state index contributed by atoms with van der Waals surface area (Å²) in [5, 5.41) is 2.71. The third kappa shape index (κ3) is 2.63. The van der Waals surface area contributed by atoms with E-state index in [2.05, 4.69) is 15.1 Å². The lowest BCUT2D eigenvalue weighted by Crippen LogP contribution is -2.23. The summed E-state index contributed by atoms with van der Waals surface area (Å²) in [4.78, 5) is 32.6. The summed E-state index contributed by atoms with van der Waals surface area (Å²) in [7, 11) is 1.80. The molecule has 0 unspecified atom stereocenters. The number of rotatable bonds is 4. The van der Waals surface area contributed by atoms with Crippen LogP contribution in [0.5, 0.6) is 0 Å². The van der Waals surface area contributed by atoms with Crippen molar-refractivity contribution < 1.29 is 9.53 Å². The van der Waals surface area contributed by atoms with E-state index in [-0.39, 0.29) is 12.2 Å². The summed E-state index contributed by atoms with van der Waals surface area (Å²) in [6, 6.07) is 3.57. The molecule has 0 saturated carbocycles. The van der Waals surface area contributed by atoms with Gasteiger partial charge in [-0.2, -0.15) is 4.52 Å². The van der Waals surface area contributed by atoms with E-state index in [0.717, 1.165) is 5.69 Å². The number of aromatic amines is 1. The Kier molecular flexibility index (Phi) is 3.73. The molecule has 0 aliphatic carbocycles. The molecule has 3 aromatic rings. The standard InChI is InChI=1S/C15H17N5O3/c1-9-4-5-12(19(9)3)14(22)23-7-6-11-10(2)18-15-16-8-17-20(15)13(11)21/h4-5,8H,6-7H2,1-3H3,(H,16,17,18). The molecule has 120 valence electrons. The van der Waals surface area contributed by atoms with Crippen LogP contribution in [0.1, 0.15) is 27.4 Å². The van der Waals surface area contributed by atoms with Gasteiger partial charge in [0, 0.05) is 24.7 Å². The normalized spacial score (nSPS) is 11.1. The van der Waals surface area contributed by atoms with Crippen LogP contribution < -0.4 is 5.56 Å². The van der Waals surface area contributed by atoms with Crippen molar-refractivity contribution in [2.75, 3.05) is 6.61 Å². The summed E-state index contributed by atoms with van der Waals surface area (Å²) in [6.45, 7) is 3.77. The number of fused-ring (bicyclic) bond motifs is 1. The van der Waals surface area contributed by atoms with Crippen LogP contribution in [-0.2, 0) is 18.2 Å². The third-order valence-electron chi connectivity index (χ3n) is 3.90.